The van der Waals surface area contributed by atoms with E-state index in [1.165, 1.54) is 26.2 Å². The van der Waals surface area contributed by atoms with Crippen LogP contribution in [0.5, 0.6) is 23.0 Å². The molecule has 1 N–H and O–H groups in total. The number of ketones is 1. The first kappa shape index (κ1) is 29.5. The molecule has 1 saturated heterocycles. The Kier molecular flexibility index (Phi) is 8.33. The lowest BCUT2D eigenvalue weighted by Crippen LogP contribution is -2.29. The molecule has 1 fully saturated rings. The first-order valence-corrected chi connectivity index (χ1v) is 13.4. The number of hydrogen-bond acceptors (Lipinski definition) is 7. The lowest BCUT2D eigenvalue weighted by molar-refractivity contribution is -0.132. The molecule has 3 aromatic rings. The van der Waals surface area contributed by atoms with E-state index in [4.69, 9.17) is 18.9 Å². The highest BCUT2D eigenvalue weighted by Crippen LogP contribution is 2.47. The van der Waals surface area contributed by atoms with Crippen molar-refractivity contribution >= 4 is 23.1 Å². The Morgan fingerprint density at radius 2 is 1.56 bits per heavy atom. The van der Waals surface area contributed by atoms with Crippen LogP contribution in [0.15, 0.2) is 60.2 Å². The van der Waals surface area contributed by atoms with E-state index in [0.717, 1.165) is 11.1 Å². The van der Waals surface area contributed by atoms with Crippen LogP contribution in [0, 0.1) is 6.92 Å². The molecule has 1 unspecified atom stereocenters. The zero-order chi connectivity index (χ0) is 30.1. The fraction of sp³-hybridized carbons (Fsp3) is 0.333. The number of aliphatic hydroxyl groups excluding tert-OH is 1. The summed E-state index contributed by atoms with van der Waals surface area (Å²) in [6, 6.07) is 15.0. The van der Waals surface area contributed by atoms with Crippen molar-refractivity contribution in [2.24, 2.45) is 0 Å². The first-order chi connectivity index (χ1) is 19.5. The van der Waals surface area contributed by atoms with Gasteiger partial charge in [-0.05, 0) is 72.9 Å². The molecule has 3 aromatic carbocycles. The van der Waals surface area contributed by atoms with Gasteiger partial charge in [-0.1, -0.05) is 32.9 Å². The van der Waals surface area contributed by atoms with Crippen molar-refractivity contribution in [3.05, 3.63) is 82.4 Å². The van der Waals surface area contributed by atoms with Crippen LogP contribution in [0.2, 0.25) is 0 Å². The quantitative estimate of drug-likeness (QED) is 0.195. The van der Waals surface area contributed by atoms with E-state index in [1.54, 1.807) is 30.3 Å². The smallest absolute Gasteiger partial charge is 0.300 e. The van der Waals surface area contributed by atoms with Crippen molar-refractivity contribution in [1.29, 1.82) is 0 Å². The van der Waals surface area contributed by atoms with Gasteiger partial charge in [0, 0.05) is 16.8 Å². The van der Waals surface area contributed by atoms with Crippen molar-refractivity contribution in [3.63, 3.8) is 0 Å². The molecule has 1 aliphatic rings. The zero-order valence-electron chi connectivity index (χ0n) is 24.8. The van der Waals surface area contributed by atoms with Crippen LogP contribution in [0.3, 0.4) is 0 Å². The fourth-order valence-electron chi connectivity index (χ4n) is 5.15. The van der Waals surface area contributed by atoms with Crippen molar-refractivity contribution in [2.75, 3.05) is 32.8 Å². The molecular weight excluding hydrogens is 522 g/mol. The highest BCUT2D eigenvalue weighted by molar-refractivity contribution is 6.51. The van der Waals surface area contributed by atoms with E-state index in [2.05, 4.69) is 0 Å². The van der Waals surface area contributed by atoms with Gasteiger partial charge in [-0.3, -0.25) is 14.5 Å². The molecule has 0 bridgehead atoms. The van der Waals surface area contributed by atoms with Crippen molar-refractivity contribution in [3.8, 4) is 23.0 Å². The second-order valence-electron chi connectivity index (χ2n) is 10.9. The highest BCUT2D eigenvalue weighted by atomic mass is 16.5. The zero-order valence-corrected chi connectivity index (χ0v) is 24.8. The van der Waals surface area contributed by atoms with Gasteiger partial charge in [0.2, 0.25) is 5.75 Å². The number of rotatable bonds is 8. The minimum Gasteiger partial charge on any atom is -0.507 e. The number of carbonyl (C=O) groups is 2. The molecular formula is C33H37NO7. The average molecular weight is 560 g/mol. The molecule has 41 heavy (non-hydrogen) atoms. The second kappa shape index (κ2) is 11.6. The molecule has 4 rings (SSSR count). The Bertz CT molecular complexity index is 1490. The summed E-state index contributed by atoms with van der Waals surface area (Å²) >= 11 is 0. The van der Waals surface area contributed by atoms with E-state index < -0.39 is 17.7 Å². The molecule has 8 nitrogen and oxygen atoms in total. The number of methoxy groups -OCH3 is 3. The van der Waals surface area contributed by atoms with Gasteiger partial charge >= 0.3 is 0 Å². The molecule has 1 heterocycles. The number of aliphatic hydroxyl groups is 1. The number of anilines is 1. The minimum atomic E-state index is -0.977. The summed E-state index contributed by atoms with van der Waals surface area (Å²) in [5.74, 6) is -0.0660. The van der Waals surface area contributed by atoms with Gasteiger partial charge in [-0.15, -0.1) is 0 Å². The monoisotopic (exact) mass is 559 g/mol. The van der Waals surface area contributed by atoms with Gasteiger partial charge < -0.3 is 24.1 Å². The number of aryl methyl sites for hydroxylation is 1. The Balaban J connectivity index is 2.03. The van der Waals surface area contributed by atoms with Crippen LogP contribution in [0.1, 0.15) is 56.0 Å². The standard InChI is InChI=1S/C33H37NO7/c1-9-41-24-14-13-20(16-23(24)33(3,4)5)29(35)27-28(21-17-25(38-6)31(40-8)26(18-21)39-7)34(32(37)30(27)36)22-12-10-11-19(2)15-22/h10-18,28,35H,9H2,1-8H3/b29-27+. The Morgan fingerprint density at radius 3 is 2.10 bits per heavy atom. The molecule has 1 amide bonds. The number of nitrogens with zero attached hydrogens (tertiary/aromatic N) is 1. The summed E-state index contributed by atoms with van der Waals surface area (Å²) in [4.78, 5) is 28.8. The Morgan fingerprint density at radius 1 is 0.902 bits per heavy atom. The lowest BCUT2D eigenvalue weighted by Gasteiger charge is -2.27. The van der Waals surface area contributed by atoms with Gasteiger partial charge in [0.15, 0.2) is 11.5 Å². The number of ether oxygens (including phenoxy) is 4. The maximum atomic E-state index is 13.7. The van der Waals surface area contributed by atoms with Crippen molar-refractivity contribution in [1.82, 2.24) is 0 Å². The fourth-order valence-corrected chi connectivity index (χ4v) is 5.15. The summed E-state index contributed by atoms with van der Waals surface area (Å²) in [7, 11) is 4.48. The number of Topliss-reactive ketones (excluding diaryl/α,β-unsaturated/α-hetero) is 1. The predicted molar refractivity (Wildman–Crippen MR) is 158 cm³/mol. The Labute approximate surface area is 241 Å². The van der Waals surface area contributed by atoms with Crippen molar-refractivity contribution in [2.45, 2.75) is 46.1 Å². The highest BCUT2D eigenvalue weighted by Gasteiger charge is 2.47. The van der Waals surface area contributed by atoms with Gasteiger partial charge in [0.25, 0.3) is 11.7 Å². The molecule has 0 aliphatic carbocycles. The SMILES string of the molecule is CCOc1ccc(/C(O)=C2\C(=O)C(=O)N(c3cccc(C)c3)C2c2cc(OC)c(OC)c(OC)c2)cc1C(C)(C)C. The van der Waals surface area contributed by atoms with Crippen molar-refractivity contribution < 1.29 is 33.6 Å². The van der Waals surface area contributed by atoms with Crippen LogP contribution < -0.4 is 23.8 Å². The minimum absolute atomic E-state index is 0.0465. The summed E-state index contributed by atoms with van der Waals surface area (Å²) < 4.78 is 22.5. The summed E-state index contributed by atoms with van der Waals surface area (Å²) in [5, 5.41) is 11.8. The summed E-state index contributed by atoms with van der Waals surface area (Å²) in [6.07, 6.45) is 0. The number of amides is 1. The molecule has 0 saturated carbocycles. The third-order valence-electron chi connectivity index (χ3n) is 7.09. The third kappa shape index (κ3) is 5.46. The van der Waals surface area contributed by atoms with E-state index in [9.17, 15) is 14.7 Å². The van der Waals surface area contributed by atoms with Gasteiger partial charge in [-0.25, -0.2) is 0 Å². The third-order valence-corrected chi connectivity index (χ3v) is 7.09. The molecule has 0 radical (unpaired) electrons. The molecule has 1 aliphatic heterocycles. The maximum Gasteiger partial charge on any atom is 0.300 e. The largest absolute Gasteiger partial charge is 0.507 e. The predicted octanol–water partition coefficient (Wildman–Crippen LogP) is 6.34. The summed E-state index contributed by atoms with van der Waals surface area (Å²) in [6.45, 7) is 10.4. The lowest BCUT2D eigenvalue weighted by atomic mass is 9.84. The van der Waals surface area contributed by atoms with Gasteiger partial charge in [0.1, 0.15) is 11.5 Å². The molecule has 0 spiro atoms. The van der Waals surface area contributed by atoms with Crippen LogP contribution in [-0.4, -0.2) is 44.7 Å². The van der Waals surface area contributed by atoms with Gasteiger partial charge in [0.05, 0.1) is 39.6 Å². The Hall–Kier alpha value is -4.46. The van der Waals surface area contributed by atoms with E-state index in [-0.39, 0.29) is 16.7 Å². The van der Waals surface area contributed by atoms with Gasteiger partial charge in [-0.2, -0.15) is 0 Å². The molecule has 0 aromatic heterocycles. The molecule has 216 valence electrons. The average Bonchev–Trinajstić information content (AvgIpc) is 3.21. The van der Waals surface area contributed by atoms with E-state index in [0.29, 0.717) is 46.4 Å². The van der Waals surface area contributed by atoms with E-state index in [1.807, 2.05) is 58.9 Å². The van der Waals surface area contributed by atoms with Crippen LogP contribution in [-0.2, 0) is 15.0 Å². The number of benzene rings is 3. The van der Waals surface area contributed by atoms with Crippen LogP contribution >= 0.6 is 0 Å². The number of carbonyl (C=O) groups excluding carboxylic acids is 2. The second-order valence-corrected chi connectivity index (χ2v) is 10.9. The molecule has 1 atom stereocenters. The first-order valence-electron chi connectivity index (χ1n) is 13.4. The normalized spacial score (nSPS) is 16.6. The molecule has 8 heteroatoms. The van der Waals surface area contributed by atoms with Crippen LogP contribution in [0.25, 0.3) is 5.76 Å². The summed E-state index contributed by atoms with van der Waals surface area (Å²) in [5.41, 5.74) is 2.84. The topological polar surface area (TPSA) is 94.5 Å². The van der Waals surface area contributed by atoms with E-state index >= 15 is 0 Å². The maximum absolute atomic E-state index is 13.7. The number of hydrogen-bond donors (Lipinski definition) is 1. The van der Waals surface area contributed by atoms with Crippen LogP contribution in [0.4, 0.5) is 5.69 Å².